The number of halogens is 1. The van der Waals surface area contributed by atoms with Crippen molar-refractivity contribution in [3.8, 4) is 9.85 Å². The van der Waals surface area contributed by atoms with Gasteiger partial charge in [0.25, 0.3) is 0 Å². The summed E-state index contributed by atoms with van der Waals surface area (Å²) in [6.07, 6.45) is 2.14. The molecule has 0 saturated heterocycles. The highest BCUT2D eigenvalue weighted by molar-refractivity contribution is 14.1. The average molecular weight is 208 g/mol. The predicted octanol–water partition coefficient (Wildman–Crippen LogP) is 1.36. The van der Waals surface area contributed by atoms with Gasteiger partial charge in [-0.3, -0.25) is 0 Å². The molecule has 38 valence electrons. The Hall–Kier alpha value is -0.0400. The molecule has 0 rings (SSSR count). The number of carbonyl (C=O) groups is 1. The fourth-order valence-corrected chi connectivity index (χ4v) is 0.448. The topological polar surface area (TPSA) is 17.1 Å². The Kier molecular flexibility index (Phi) is 5.93. The molecule has 0 aliphatic carbocycles. The van der Waals surface area contributed by atoms with Gasteiger partial charge in [-0.15, -0.1) is 0 Å². The fourth-order valence-electron chi connectivity index (χ4n) is 0.178. The van der Waals surface area contributed by atoms with Crippen molar-refractivity contribution in [3.63, 3.8) is 0 Å². The second-order valence-corrected chi connectivity index (χ2v) is 1.52. The Morgan fingerprint density at radius 3 is 2.86 bits per heavy atom. The summed E-state index contributed by atoms with van der Waals surface area (Å²) in [5.74, 6) is 2.75. The number of hydrogen-bond donors (Lipinski definition) is 0. The van der Waals surface area contributed by atoms with Crippen molar-refractivity contribution >= 4 is 28.9 Å². The van der Waals surface area contributed by atoms with Crippen LogP contribution in [0, 0.1) is 9.85 Å². The SMILES string of the molecule is O=CCCC#CI. The minimum atomic E-state index is 0.565. The predicted molar refractivity (Wildman–Crippen MR) is 37.1 cm³/mol. The quantitative estimate of drug-likeness (QED) is 0.290. The van der Waals surface area contributed by atoms with Crippen LogP contribution < -0.4 is 0 Å². The highest BCUT2D eigenvalue weighted by Crippen LogP contribution is 1.80. The molecule has 0 aliphatic rings. The van der Waals surface area contributed by atoms with Crippen LogP contribution in [-0.4, -0.2) is 6.29 Å². The highest BCUT2D eigenvalue weighted by atomic mass is 127. The Labute approximate surface area is 56.6 Å². The van der Waals surface area contributed by atoms with Gasteiger partial charge in [-0.1, -0.05) is 5.92 Å². The van der Waals surface area contributed by atoms with Crippen molar-refractivity contribution < 1.29 is 4.79 Å². The lowest BCUT2D eigenvalue weighted by atomic mass is 10.4. The zero-order valence-corrected chi connectivity index (χ0v) is 5.94. The molecule has 0 aromatic rings. The van der Waals surface area contributed by atoms with Crippen molar-refractivity contribution in [2.75, 3.05) is 0 Å². The van der Waals surface area contributed by atoms with Gasteiger partial charge in [-0.2, -0.15) is 0 Å². The summed E-state index contributed by atoms with van der Waals surface area (Å²) in [7, 11) is 0. The molecule has 0 aromatic carbocycles. The zero-order chi connectivity index (χ0) is 5.54. The van der Waals surface area contributed by atoms with Crippen molar-refractivity contribution in [2.24, 2.45) is 0 Å². The van der Waals surface area contributed by atoms with Gasteiger partial charge in [0.05, 0.1) is 0 Å². The standard InChI is InChI=1S/C5H5IO/c6-4-2-1-3-5-7/h5H,1,3H2. The van der Waals surface area contributed by atoms with Crippen LogP contribution in [0.3, 0.4) is 0 Å². The molecule has 0 spiro atoms. The molecule has 0 amide bonds. The zero-order valence-electron chi connectivity index (χ0n) is 3.78. The first-order valence-corrected chi connectivity index (χ1v) is 3.02. The normalized spacial score (nSPS) is 6.43. The summed E-state index contributed by atoms with van der Waals surface area (Å²) in [4.78, 5) is 9.61. The van der Waals surface area contributed by atoms with Crippen LogP contribution >= 0.6 is 22.6 Å². The van der Waals surface area contributed by atoms with E-state index in [4.69, 9.17) is 0 Å². The molecule has 0 atom stereocenters. The first-order chi connectivity index (χ1) is 3.41. The van der Waals surface area contributed by atoms with E-state index in [0.717, 1.165) is 6.29 Å². The second kappa shape index (κ2) is 5.96. The molecule has 0 heterocycles. The van der Waals surface area contributed by atoms with Crippen molar-refractivity contribution in [1.29, 1.82) is 0 Å². The van der Waals surface area contributed by atoms with E-state index < -0.39 is 0 Å². The van der Waals surface area contributed by atoms with E-state index in [9.17, 15) is 4.79 Å². The van der Waals surface area contributed by atoms with Crippen LogP contribution in [0.15, 0.2) is 0 Å². The van der Waals surface area contributed by atoms with Gasteiger partial charge >= 0.3 is 0 Å². The van der Waals surface area contributed by atoms with Crippen molar-refractivity contribution in [3.05, 3.63) is 0 Å². The molecule has 7 heavy (non-hydrogen) atoms. The monoisotopic (exact) mass is 208 g/mol. The van der Waals surface area contributed by atoms with Crippen LogP contribution in [0.4, 0.5) is 0 Å². The first-order valence-electron chi connectivity index (χ1n) is 1.94. The molecule has 0 radical (unpaired) electrons. The van der Waals surface area contributed by atoms with E-state index in [-0.39, 0.29) is 0 Å². The van der Waals surface area contributed by atoms with Crippen molar-refractivity contribution in [1.82, 2.24) is 0 Å². The van der Waals surface area contributed by atoms with E-state index in [2.05, 4.69) is 9.85 Å². The molecule has 1 nitrogen and oxygen atoms in total. The Morgan fingerprint density at radius 1 is 1.71 bits per heavy atom. The summed E-state index contributed by atoms with van der Waals surface area (Å²) >= 11 is 1.95. The maximum Gasteiger partial charge on any atom is 0.120 e. The third kappa shape index (κ3) is 5.96. The summed E-state index contributed by atoms with van der Waals surface area (Å²) in [5, 5.41) is 0. The maximum atomic E-state index is 9.61. The first kappa shape index (κ1) is 6.96. The molecule has 0 bridgehead atoms. The van der Waals surface area contributed by atoms with Gasteiger partial charge in [0.2, 0.25) is 0 Å². The van der Waals surface area contributed by atoms with E-state index in [1.54, 1.807) is 0 Å². The Morgan fingerprint density at radius 2 is 2.43 bits per heavy atom. The number of rotatable bonds is 2. The number of aldehydes is 1. The molecule has 0 unspecified atom stereocenters. The van der Waals surface area contributed by atoms with Crippen LogP contribution in [0.1, 0.15) is 12.8 Å². The van der Waals surface area contributed by atoms with E-state index in [1.807, 2.05) is 22.6 Å². The third-order valence-corrected chi connectivity index (χ3v) is 0.835. The summed E-state index contributed by atoms with van der Waals surface area (Å²) in [6.45, 7) is 0. The molecule has 2 heteroatoms. The lowest BCUT2D eigenvalue weighted by Gasteiger charge is -1.71. The smallest absolute Gasteiger partial charge is 0.120 e. The lowest BCUT2D eigenvalue weighted by Crippen LogP contribution is -1.68. The average Bonchev–Trinajstić information content (AvgIpc) is 1.69. The number of carbonyl (C=O) groups excluding carboxylic acids is 1. The van der Waals surface area contributed by atoms with Gasteiger partial charge in [-0.05, 0) is 3.93 Å². The second-order valence-electron chi connectivity index (χ2n) is 0.977. The highest BCUT2D eigenvalue weighted by Gasteiger charge is 1.72. The third-order valence-electron chi connectivity index (χ3n) is 0.454. The van der Waals surface area contributed by atoms with Crippen LogP contribution in [0.2, 0.25) is 0 Å². The number of hydrogen-bond acceptors (Lipinski definition) is 1. The van der Waals surface area contributed by atoms with E-state index in [1.165, 1.54) is 0 Å². The molecule has 0 saturated carbocycles. The molecule has 0 N–H and O–H groups in total. The minimum Gasteiger partial charge on any atom is -0.303 e. The summed E-state index contributed by atoms with van der Waals surface area (Å²) in [5.41, 5.74) is 0. The van der Waals surface area contributed by atoms with E-state index >= 15 is 0 Å². The van der Waals surface area contributed by atoms with Crippen molar-refractivity contribution in [2.45, 2.75) is 12.8 Å². The minimum absolute atomic E-state index is 0.565. The summed E-state index contributed by atoms with van der Waals surface area (Å²) in [6, 6.07) is 0. The molecule has 0 aliphatic heterocycles. The van der Waals surface area contributed by atoms with Gasteiger partial charge < -0.3 is 4.79 Å². The number of unbranched alkanes of at least 4 members (excludes halogenated alkanes) is 1. The van der Waals surface area contributed by atoms with Gasteiger partial charge in [0.1, 0.15) is 6.29 Å². The molecular formula is C5H5IO. The van der Waals surface area contributed by atoms with E-state index in [0.29, 0.717) is 12.8 Å². The largest absolute Gasteiger partial charge is 0.303 e. The van der Waals surface area contributed by atoms with Crippen LogP contribution in [-0.2, 0) is 4.79 Å². The summed E-state index contributed by atoms with van der Waals surface area (Å²) < 4.78 is 2.66. The van der Waals surface area contributed by atoms with Crippen LogP contribution in [0.25, 0.3) is 0 Å². The van der Waals surface area contributed by atoms with Crippen LogP contribution in [0.5, 0.6) is 0 Å². The maximum absolute atomic E-state index is 9.61. The molecular weight excluding hydrogens is 203 g/mol. The Bertz CT molecular complexity index is 98.4. The van der Waals surface area contributed by atoms with Gasteiger partial charge in [-0.25, -0.2) is 0 Å². The molecule has 0 aromatic heterocycles. The fraction of sp³-hybridized carbons (Fsp3) is 0.400. The van der Waals surface area contributed by atoms with Gasteiger partial charge in [0, 0.05) is 35.4 Å². The lowest BCUT2D eigenvalue weighted by molar-refractivity contribution is -0.107. The van der Waals surface area contributed by atoms with Gasteiger partial charge in [0.15, 0.2) is 0 Å². The Balaban J connectivity index is 2.92. The molecule has 0 fully saturated rings.